The number of halogens is 2. The van der Waals surface area contributed by atoms with Crippen LogP contribution in [0.4, 0.5) is 5.69 Å². The second kappa shape index (κ2) is 9.24. The van der Waals surface area contributed by atoms with Crippen LogP contribution >= 0.6 is 35.6 Å². The molecule has 0 aliphatic carbocycles. The van der Waals surface area contributed by atoms with Gasteiger partial charge >= 0.3 is 0 Å². The van der Waals surface area contributed by atoms with Crippen LogP contribution in [0.1, 0.15) is 25.1 Å². The number of methoxy groups -OCH3 is 1. The molecule has 0 radical (unpaired) electrons. The van der Waals surface area contributed by atoms with Crippen LogP contribution in [-0.4, -0.2) is 24.6 Å². The Bertz CT molecular complexity index is 750. The summed E-state index contributed by atoms with van der Waals surface area (Å²) in [4.78, 5) is 8.93. The summed E-state index contributed by atoms with van der Waals surface area (Å²) >= 11 is 6.11. The number of guanidine groups is 1. The molecule has 1 aromatic carbocycles. The molecule has 7 heteroatoms. The second-order valence-corrected chi connectivity index (χ2v) is 6.64. The lowest BCUT2D eigenvalue weighted by atomic mass is 9.86. The monoisotopic (exact) mass is 474 g/mol. The maximum atomic E-state index is 6.11. The highest BCUT2D eigenvalue weighted by Crippen LogP contribution is 2.27. The molecule has 0 amide bonds. The van der Waals surface area contributed by atoms with E-state index in [1.807, 2.05) is 12.1 Å². The Morgan fingerprint density at radius 3 is 2.68 bits per heavy atom. The first kappa shape index (κ1) is 21.5. The Balaban J connectivity index is 0.00000312. The molecule has 3 N–H and O–H groups in total. The molecule has 136 valence electrons. The van der Waals surface area contributed by atoms with E-state index < -0.39 is 0 Å². The van der Waals surface area contributed by atoms with Crippen LogP contribution in [0.2, 0.25) is 5.02 Å². The van der Waals surface area contributed by atoms with Gasteiger partial charge in [0.2, 0.25) is 0 Å². The summed E-state index contributed by atoms with van der Waals surface area (Å²) in [6.45, 7) is 6.77. The Labute approximate surface area is 171 Å². The van der Waals surface area contributed by atoms with E-state index in [-0.39, 0.29) is 29.4 Å². The first-order chi connectivity index (χ1) is 11.3. The van der Waals surface area contributed by atoms with Gasteiger partial charge in [-0.05, 0) is 36.8 Å². The van der Waals surface area contributed by atoms with Crippen LogP contribution in [0.3, 0.4) is 0 Å². The number of hydrogen-bond acceptors (Lipinski definition) is 3. The first-order valence-corrected chi connectivity index (χ1v) is 8.04. The molecule has 0 saturated carbocycles. The highest BCUT2D eigenvalue weighted by Gasteiger charge is 2.23. The van der Waals surface area contributed by atoms with Gasteiger partial charge in [-0.1, -0.05) is 31.5 Å². The lowest BCUT2D eigenvalue weighted by Gasteiger charge is -2.23. The van der Waals surface area contributed by atoms with Gasteiger partial charge in [0, 0.05) is 17.3 Å². The Morgan fingerprint density at radius 2 is 2.08 bits per heavy atom. The minimum absolute atomic E-state index is 0. The lowest BCUT2D eigenvalue weighted by Crippen LogP contribution is -2.29. The van der Waals surface area contributed by atoms with E-state index in [4.69, 9.17) is 22.1 Å². The van der Waals surface area contributed by atoms with Gasteiger partial charge in [-0.3, -0.25) is 9.98 Å². The van der Waals surface area contributed by atoms with Gasteiger partial charge < -0.3 is 15.8 Å². The van der Waals surface area contributed by atoms with Crippen molar-refractivity contribution in [2.24, 2.45) is 10.7 Å². The zero-order valence-corrected chi connectivity index (χ0v) is 17.9. The summed E-state index contributed by atoms with van der Waals surface area (Å²) in [5, 5.41) is 3.55. The maximum absolute atomic E-state index is 6.11. The maximum Gasteiger partial charge on any atom is 0.193 e. The zero-order chi connectivity index (χ0) is 17.7. The molecule has 1 heterocycles. The molecular formula is C18H24ClIN4O. The van der Waals surface area contributed by atoms with Crippen molar-refractivity contribution in [1.82, 2.24) is 4.98 Å². The normalized spacial score (nSPS) is 11.6. The molecule has 0 bridgehead atoms. The van der Waals surface area contributed by atoms with Gasteiger partial charge in [0.1, 0.15) is 5.75 Å². The molecule has 5 nitrogen and oxygen atoms in total. The molecule has 0 aliphatic rings. The van der Waals surface area contributed by atoms with Crippen molar-refractivity contribution >= 4 is 47.2 Å². The third kappa shape index (κ3) is 5.74. The van der Waals surface area contributed by atoms with Crippen LogP contribution in [0.25, 0.3) is 0 Å². The molecule has 0 aliphatic heterocycles. The van der Waals surface area contributed by atoms with Crippen molar-refractivity contribution in [3.63, 3.8) is 0 Å². The summed E-state index contributed by atoms with van der Waals surface area (Å²) in [5.41, 5.74) is 8.71. The predicted octanol–water partition coefficient (Wildman–Crippen LogP) is 4.37. The number of aromatic nitrogens is 1. The number of nitrogens with zero attached hydrogens (tertiary/aromatic N) is 2. The molecular weight excluding hydrogens is 451 g/mol. The third-order valence-corrected chi connectivity index (χ3v) is 4.01. The van der Waals surface area contributed by atoms with Crippen molar-refractivity contribution in [3.8, 4) is 5.75 Å². The van der Waals surface area contributed by atoms with Gasteiger partial charge in [-0.15, -0.1) is 24.0 Å². The van der Waals surface area contributed by atoms with E-state index in [9.17, 15) is 0 Å². The second-order valence-electron chi connectivity index (χ2n) is 6.23. The van der Waals surface area contributed by atoms with Crippen molar-refractivity contribution in [1.29, 1.82) is 0 Å². The Morgan fingerprint density at radius 1 is 1.36 bits per heavy atom. The number of aryl methyl sites for hydroxylation is 1. The van der Waals surface area contributed by atoms with E-state index in [0.717, 1.165) is 16.9 Å². The average Bonchev–Trinajstić information content (AvgIpc) is 2.53. The number of pyridine rings is 1. The molecule has 1 aromatic heterocycles. The largest absolute Gasteiger partial charge is 0.495 e. The Hall–Kier alpha value is -1.54. The standard InChI is InChI=1S/C18H23ClN4O.HI/c1-12-6-5-9-21-16(12)18(2,3)11-22-17(20)23-13-7-8-15(24-4)14(19)10-13;/h5-10H,11H2,1-4H3,(H3,20,22,23);1H. The van der Waals surface area contributed by atoms with E-state index >= 15 is 0 Å². The summed E-state index contributed by atoms with van der Waals surface area (Å²) in [6.07, 6.45) is 1.80. The van der Waals surface area contributed by atoms with Gasteiger partial charge in [0.15, 0.2) is 5.96 Å². The van der Waals surface area contributed by atoms with Crippen molar-refractivity contribution < 1.29 is 4.74 Å². The third-order valence-electron chi connectivity index (χ3n) is 3.72. The highest BCUT2D eigenvalue weighted by atomic mass is 127. The number of hydrogen-bond donors (Lipinski definition) is 2. The zero-order valence-electron chi connectivity index (χ0n) is 14.8. The molecule has 2 aromatic rings. The molecule has 0 unspecified atom stereocenters. The minimum Gasteiger partial charge on any atom is -0.495 e. The van der Waals surface area contributed by atoms with Gasteiger partial charge in [-0.25, -0.2) is 0 Å². The van der Waals surface area contributed by atoms with Crippen LogP contribution in [0, 0.1) is 6.92 Å². The van der Waals surface area contributed by atoms with E-state index in [1.54, 1.807) is 25.4 Å². The number of aliphatic imine (C=N–C) groups is 1. The van der Waals surface area contributed by atoms with Crippen LogP contribution in [0.15, 0.2) is 41.5 Å². The summed E-state index contributed by atoms with van der Waals surface area (Å²) < 4.78 is 5.13. The molecule has 0 saturated heterocycles. The van der Waals surface area contributed by atoms with E-state index in [1.165, 1.54) is 0 Å². The lowest BCUT2D eigenvalue weighted by molar-refractivity contribution is 0.415. The van der Waals surface area contributed by atoms with Crippen LogP contribution in [0.5, 0.6) is 5.75 Å². The molecule has 0 spiro atoms. The average molecular weight is 475 g/mol. The fourth-order valence-corrected chi connectivity index (χ4v) is 2.74. The van der Waals surface area contributed by atoms with Crippen LogP contribution < -0.4 is 15.8 Å². The van der Waals surface area contributed by atoms with Crippen molar-refractivity contribution in [2.75, 3.05) is 19.0 Å². The minimum atomic E-state index is -0.213. The fourth-order valence-electron chi connectivity index (χ4n) is 2.48. The number of rotatable bonds is 5. The molecule has 0 atom stereocenters. The molecule has 0 fully saturated rings. The molecule has 25 heavy (non-hydrogen) atoms. The summed E-state index contributed by atoms with van der Waals surface area (Å²) in [6, 6.07) is 9.34. The fraction of sp³-hybridized carbons (Fsp3) is 0.333. The van der Waals surface area contributed by atoms with E-state index in [2.05, 4.69) is 42.1 Å². The van der Waals surface area contributed by atoms with Gasteiger partial charge in [0.05, 0.1) is 24.4 Å². The van der Waals surface area contributed by atoms with Gasteiger partial charge in [-0.2, -0.15) is 0 Å². The van der Waals surface area contributed by atoms with Crippen molar-refractivity contribution in [2.45, 2.75) is 26.2 Å². The number of nitrogens with one attached hydrogen (secondary N) is 1. The van der Waals surface area contributed by atoms with Crippen molar-refractivity contribution in [3.05, 3.63) is 52.8 Å². The SMILES string of the molecule is COc1ccc(NC(N)=NCC(C)(C)c2ncccc2C)cc1Cl.I. The van der Waals surface area contributed by atoms with Crippen LogP contribution in [-0.2, 0) is 5.41 Å². The number of benzene rings is 1. The predicted molar refractivity (Wildman–Crippen MR) is 116 cm³/mol. The Kier molecular flexibility index (Phi) is 7.95. The van der Waals surface area contributed by atoms with E-state index in [0.29, 0.717) is 23.3 Å². The quantitative estimate of drug-likeness (QED) is 0.383. The number of nitrogens with two attached hydrogens (primary N) is 1. The smallest absolute Gasteiger partial charge is 0.193 e. The molecule has 2 rings (SSSR count). The topological polar surface area (TPSA) is 72.5 Å². The summed E-state index contributed by atoms with van der Waals surface area (Å²) in [5.74, 6) is 0.947. The van der Waals surface area contributed by atoms with Gasteiger partial charge in [0.25, 0.3) is 0 Å². The number of anilines is 1. The highest BCUT2D eigenvalue weighted by molar-refractivity contribution is 14.0. The summed E-state index contributed by atoms with van der Waals surface area (Å²) in [7, 11) is 1.58. The number of ether oxygens (including phenoxy) is 1. The first-order valence-electron chi connectivity index (χ1n) is 7.66.